The Hall–Kier alpha value is -3.02. The number of phenolic OH excluding ortho intramolecular Hbond substituents is 1. The van der Waals surface area contributed by atoms with E-state index in [2.05, 4.69) is 4.74 Å². The molecule has 0 aliphatic carbocycles. The number of methoxy groups -OCH3 is 1. The summed E-state index contributed by atoms with van der Waals surface area (Å²) in [5.41, 5.74) is 2.03. The molecule has 6 nitrogen and oxygen atoms in total. The number of Topliss-reactive ketones (excluding diaryl/α,β-unsaturated/α-hetero) is 1. The van der Waals surface area contributed by atoms with Gasteiger partial charge in [0.25, 0.3) is 0 Å². The molecule has 0 aromatic heterocycles. The Bertz CT molecular complexity index is 945. The van der Waals surface area contributed by atoms with E-state index in [4.69, 9.17) is 9.47 Å². The van der Waals surface area contributed by atoms with Crippen LogP contribution in [0.15, 0.2) is 24.3 Å². The fraction of sp³-hybridized carbons (Fsp3) is 0.364. The van der Waals surface area contributed by atoms with Gasteiger partial charge in [-0.25, -0.2) is 4.79 Å². The number of carbonyl (C=O) groups is 2. The van der Waals surface area contributed by atoms with Gasteiger partial charge < -0.3 is 19.3 Å². The monoisotopic (exact) mass is 384 g/mol. The highest BCUT2D eigenvalue weighted by molar-refractivity contribution is 6.03. The Balaban J connectivity index is 1.81. The molecule has 2 aromatic carbocycles. The van der Waals surface area contributed by atoms with Crippen LogP contribution < -0.4 is 9.47 Å². The number of rotatable bonds is 4. The van der Waals surface area contributed by atoms with Gasteiger partial charge in [-0.1, -0.05) is 0 Å². The first-order chi connectivity index (χ1) is 13.2. The van der Waals surface area contributed by atoms with Gasteiger partial charge in [-0.15, -0.1) is 0 Å². The van der Waals surface area contributed by atoms with Crippen molar-refractivity contribution >= 4 is 11.8 Å². The standard InChI is InChI=1S/C22H24O6/c1-12-13(2)20-18(14(3)19(12)24)17(23)10-22(4,28-20)11-27-16-8-6-15(7-9-16)21(25)26-5/h6-9,24H,10-11H2,1-5H3. The Labute approximate surface area is 164 Å². The fourth-order valence-corrected chi connectivity index (χ4v) is 3.40. The topological polar surface area (TPSA) is 82.1 Å². The highest BCUT2D eigenvalue weighted by Crippen LogP contribution is 2.43. The molecule has 0 saturated carbocycles. The lowest BCUT2D eigenvalue weighted by Gasteiger charge is -2.36. The van der Waals surface area contributed by atoms with Crippen LogP contribution in [0, 0.1) is 20.8 Å². The number of carbonyl (C=O) groups excluding carboxylic acids is 2. The maximum absolute atomic E-state index is 12.8. The van der Waals surface area contributed by atoms with E-state index in [0.717, 1.165) is 5.56 Å². The predicted octanol–water partition coefficient (Wildman–Crippen LogP) is 3.91. The first-order valence-corrected chi connectivity index (χ1v) is 9.03. The molecule has 0 saturated heterocycles. The van der Waals surface area contributed by atoms with Gasteiger partial charge in [0, 0.05) is 5.56 Å². The molecule has 6 heteroatoms. The van der Waals surface area contributed by atoms with Crippen molar-refractivity contribution in [2.24, 2.45) is 0 Å². The van der Waals surface area contributed by atoms with E-state index in [1.165, 1.54) is 7.11 Å². The molecule has 0 bridgehead atoms. The third kappa shape index (κ3) is 3.42. The first kappa shape index (κ1) is 19.7. The van der Waals surface area contributed by atoms with Gasteiger partial charge in [0.15, 0.2) is 5.78 Å². The van der Waals surface area contributed by atoms with Crippen LogP contribution in [0.4, 0.5) is 0 Å². The first-order valence-electron chi connectivity index (χ1n) is 9.03. The zero-order valence-electron chi connectivity index (χ0n) is 16.7. The van der Waals surface area contributed by atoms with Crippen molar-refractivity contribution in [1.82, 2.24) is 0 Å². The molecule has 1 heterocycles. The van der Waals surface area contributed by atoms with Gasteiger partial charge in [-0.3, -0.25) is 4.79 Å². The molecule has 2 aromatic rings. The second-order valence-electron chi connectivity index (χ2n) is 7.38. The van der Waals surface area contributed by atoms with Crippen molar-refractivity contribution in [3.05, 3.63) is 52.1 Å². The van der Waals surface area contributed by atoms with Crippen molar-refractivity contribution in [3.8, 4) is 17.2 Å². The minimum absolute atomic E-state index is 0.0794. The van der Waals surface area contributed by atoms with E-state index in [1.807, 2.05) is 13.8 Å². The minimum atomic E-state index is -0.842. The maximum atomic E-state index is 12.8. The predicted molar refractivity (Wildman–Crippen MR) is 104 cm³/mol. The van der Waals surface area contributed by atoms with Crippen molar-refractivity contribution < 1.29 is 28.9 Å². The van der Waals surface area contributed by atoms with E-state index in [1.54, 1.807) is 38.1 Å². The lowest BCUT2D eigenvalue weighted by atomic mass is 9.86. The molecule has 0 amide bonds. The molecule has 1 unspecified atom stereocenters. The molecule has 3 rings (SSSR count). The highest BCUT2D eigenvalue weighted by Gasteiger charge is 2.40. The van der Waals surface area contributed by atoms with E-state index < -0.39 is 11.6 Å². The number of aromatic hydroxyl groups is 1. The van der Waals surface area contributed by atoms with Crippen LogP contribution in [-0.4, -0.2) is 36.2 Å². The minimum Gasteiger partial charge on any atom is -0.507 e. The summed E-state index contributed by atoms with van der Waals surface area (Å²) < 4.78 is 16.7. The third-order valence-corrected chi connectivity index (χ3v) is 5.20. The van der Waals surface area contributed by atoms with Crippen LogP contribution in [-0.2, 0) is 4.74 Å². The fourth-order valence-electron chi connectivity index (χ4n) is 3.40. The van der Waals surface area contributed by atoms with E-state index in [9.17, 15) is 14.7 Å². The van der Waals surface area contributed by atoms with Crippen LogP contribution in [0.3, 0.4) is 0 Å². The summed E-state index contributed by atoms with van der Waals surface area (Å²) in [5, 5.41) is 10.3. The molecule has 1 aliphatic heterocycles. The number of hydrogen-bond acceptors (Lipinski definition) is 6. The zero-order valence-corrected chi connectivity index (χ0v) is 16.7. The summed E-state index contributed by atoms with van der Waals surface area (Å²) >= 11 is 0. The second-order valence-corrected chi connectivity index (χ2v) is 7.38. The summed E-state index contributed by atoms with van der Waals surface area (Å²) in [7, 11) is 1.33. The van der Waals surface area contributed by atoms with Gasteiger partial charge in [0.1, 0.15) is 29.5 Å². The number of ketones is 1. The van der Waals surface area contributed by atoms with Gasteiger partial charge in [-0.05, 0) is 63.1 Å². The Kier molecular flexibility index (Phi) is 5.06. The van der Waals surface area contributed by atoms with Crippen LogP contribution in [0.1, 0.15) is 50.8 Å². The molecular weight excluding hydrogens is 360 g/mol. The maximum Gasteiger partial charge on any atom is 0.337 e. The van der Waals surface area contributed by atoms with E-state index in [-0.39, 0.29) is 24.6 Å². The second kappa shape index (κ2) is 7.19. The summed E-state index contributed by atoms with van der Waals surface area (Å²) in [6.07, 6.45) is 0.142. The number of esters is 1. The van der Waals surface area contributed by atoms with E-state index >= 15 is 0 Å². The summed E-state index contributed by atoms with van der Waals surface area (Å²) in [4.78, 5) is 24.3. The molecule has 148 valence electrons. The molecule has 0 spiro atoms. The summed E-state index contributed by atoms with van der Waals surface area (Å²) in [5.74, 6) is 0.713. The SMILES string of the molecule is COC(=O)c1ccc(OCC2(C)CC(=O)c3c(C)c(O)c(C)c(C)c3O2)cc1. The lowest BCUT2D eigenvalue weighted by Crippen LogP contribution is -2.44. The summed E-state index contributed by atoms with van der Waals surface area (Å²) in [6, 6.07) is 6.58. The third-order valence-electron chi connectivity index (χ3n) is 5.20. The van der Waals surface area contributed by atoms with Crippen LogP contribution in [0.25, 0.3) is 0 Å². The zero-order chi connectivity index (χ0) is 20.6. The lowest BCUT2D eigenvalue weighted by molar-refractivity contribution is 0.0181. The van der Waals surface area contributed by atoms with Crippen LogP contribution >= 0.6 is 0 Å². The molecule has 1 atom stereocenters. The van der Waals surface area contributed by atoms with E-state index in [0.29, 0.717) is 33.8 Å². The largest absolute Gasteiger partial charge is 0.507 e. The van der Waals surface area contributed by atoms with Crippen molar-refractivity contribution in [1.29, 1.82) is 0 Å². The highest BCUT2D eigenvalue weighted by atomic mass is 16.5. The van der Waals surface area contributed by atoms with Crippen molar-refractivity contribution in [3.63, 3.8) is 0 Å². The average Bonchev–Trinajstić information content (AvgIpc) is 2.68. The van der Waals surface area contributed by atoms with Gasteiger partial charge in [0.05, 0.1) is 24.7 Å². The summed E-state index contributed by atoms with van der Waals surface area (Å²) in [6.45, 7) is 7.35. The normalized spacial score (nSPS) is 18.2. The molecule has 28 heavy (non-hydrogen) atoms. The Morgan fingerprint density at radius 1 is 1.14 bits per heavy atom. The van der Waals surface area contributed by atoms with Crippen molar-refractivity contribution in [2.45, 2.75) is 39.7 Å². The Morgan fingerprint density at radius 3 is 2.39 bits per heavy atom. The average molecular weight is 384 g/mol. The smallest absolute Gasteiger partial charge is 0.337 e. The quantitative estimate of drug-likeness (QED) is 0.805. The van der Waals surface area contributed by atoms with Crippen molar-refractivity contribution in [2.75, 3.05) is 13.7 Å². The van der Waals surface area contributed by atoms with Crippen LogP contribution in [0.2, 0.25) is 0 Å². The number of benzene rings is 2. The molecule has 0 fully saturated rings. The Morgan fingerprint density at radius 2 is 1.79 bits per heavy atom. The van der Waals surface area contributed by atoms with Gasteiger partial charge in [0.2, 0.25) is 0 Å². The molecule has 1 N–H and O–H groups in total. The number of hydrogen-bond donors (Lipinski definition) is 1. The molecular formula is C22H24O6. The molecule has 0 radical (unpaired) electrons. The van der Waals surface area contributed by atoms with Gasteiger partial charge in [-0.2, -0.15) is 0 Å². The van der Waals surface area contributed by atoms with Gasteiger partial charge >= 0.3 is 5.97 Å². The number of phenols is 1. The molecule has 1 aliphatic rings. The number of fused-ring (bicyclic) bond motifs is 1. The van der Waals surface area contributed by atoms with Crippen LogP contribution in [0.5, 0.6) is 17.2 Å². The number of ether oxygens (including phenoxy) is 3.